The summed E-state index contributed by atoms with van der Waals surface area (Å²) in [6.45, 7) is 8.17. The van der Waals surface area contributed by atoms with E-state index in [-0.39, 0.29) is 5.92 Å². The number of nitrogens with zero attached hydrogens (tertiary/aromatic N) is 2. The highest BCUT2D eigenvalue weighted by Gasteiger charge is 2.10. The van der Waals surface area contributed by atoms with Gasteiger partial charge in [0, 0.05) is 25.3 Å². The van der Waals surface area contributed by atoms with Gasteiger partial charge in [0.15, 0.2) is 0 Å². The molecule has 0 radical (unpaired) electrons. The molecule has 0 aromatic heterocycles. The normalized spacial score (nSPS) is 13.6. The molecule has 3 nitrogen and oxygen atoms in total. The van der Waals surface area contributed by atoms with Crippen LogP contribution in [-0.2, 0) is 0 Å². The summed E-state index contributed by atoms with van der Waals surface area (Å²) in [5, 5.41) is 12.4. The molecule has 0 aliphatic rings. The fourth-order valence-corrected chi connectivity index (χ4v) is 2.33. The predicted octanol–water partition coefficient (Wildman–Crippen LogP) is 3.73. The molecule has 2 atom stereocenters. The number of nitrogens with one attached hydrogen (secondary N) is 1. The lowest BCUT2D eigenvalue weighted by molar-refractivity contribution is 0.518. The number of rotatable bonds is 8. The summed E-state index contributed by atoms with van der Waals surface area (Å²) in [5.41, 5.74) is 2.51. The highest BCUT2D eigenvalue weighted by Crippen LogP contribution is 2.21. The third-order valence-electron chi connectivity index (χ3n) is 3.55. The van der Waals surface area contributed by atoms with Gasteiger partial charge in [-0.05, 0) is 44.0 Å². The molecule has 0 heterocycles. The van der Waals surface area contributed by atoms with Crippen molar-refractivity contribution in [3.05, 3.63) is 29.8 Å². The van der Waals surface area contributed by atoms with E-state index in [0.717, 1.165) is 25.9 Å². The summed E-state index contributed by atoms with van der Waals surface area (Å²) >= 11 is 0. The van der Waals surface area contributed by atoms with Gasteiger partial charge in [0.2, 0.25) is 0 Å². The first-order valence-electron chi connectivity index (χ1n) is 7.56. The smallest absolute Gasteiger partial charge is 0.0671 e. The van der Waals surface area contributed by atoms with Crippen molar-refractivity contribution in [3.8, 4) is 6.07 Å². The Labute approximate surface area is 123 Å². The highest BCUT2D eigenvalue weighted by atomic mass is 15.1. The lowest BCUT2D eigenvalue weighted by Gasteiger charge is -2.22. The van der Waals surface area contributed by atoms with Crippen molar-refractivity contribution in [1.29, 1.82) is 5.26 Å². The van der Waals surface area contributed by atoms with Gasteiger partial charge in [-0.3, -0.25) is 0 Å². The fraction of sp³-hybridized carbons (Fsp3) is 0.588. The summed E-state index contributed by atoms with van der Waals surface area (Å²) in [5.74, 6) is 0.0503. The zero-order valence-corrected chi connectivity index (χ0v) is 13.2. The average molecular weight is 273 g/mol. The quantitative estimate of drug-likeness (QED) is 0.784. The van der Waals surface area contributed by atoms with Gasteiger partial charge in [0.25, 0.3) is 0 Å². The molecule has 1 N–H and O–H groups in total. The first-order valence-corrected chi connectivity index (χ1v) is 7.56. The van der Waals surface area contributed by atoms with E-state index in [1.807, 2.05) is 14.0 Å². The molecule has 0 aliphatic carbocycles. The molecule has 0 fully saturated rings. The second kappa shape index (κ2) is 8.60. The molecular weight excluding hydrogens is 246 g/mol. The second-order valence-electron chi connectivity index (χ2n) is 5.42. The summed E-state index contributed by atoms with van der Waals surface area (Å²) in [4.78, 5) is 2.14. The van der Waals surface area contributed by atoms with Crippen LogP contribution in [0.25, 0.3) is 0 Å². The SMILES string of the molecule is CCCNC(CC)c1ccc(N(C)CC(C)C#N)cc1. The largest absolute Gasteiger partial charge is 0.373 e. The van der Waals surface area contributed by atoms with Crippen molar-refractivity contribution in [2.45, 2.75) is 39.7 Å². The number of hydrogen-bond donors (Lipinski definition) is 1. The van der Waals surface area contributed by atoms with Crippen LogP contribution in [0.4, 0.5) is 5.69 Å². The van der Waals surface area contributed by atoms with Crippen LogP contribution >= 0.6 is 0 Å². The van der Waals surface area contributed by atoms with Crippen LogP contribution in [0, 0.1) is 17.2 Å². The predicted molar refractivity (Wildman–Crippen MR) is 85.8 cm³/mol. The van der Waals surface area contributed by atoms with Crippen molar-refractivity contribution >= 4 is 5.69 Å². The zero-order valence-electron chi connectivity index (χ0n) is 13.2. The Morgan fingerprint density at radius 3 is 2.40 bits per heavy atom. The number of hydrogen-bond acceptors (Lipinski definition) is 3. The molecule has 0 spiro atoms. The lowest BCUT2D eigenvalue weighted by atomic mass is 10.0. The molecule has 110 valence electrons. The van der Waals surface area contributed by atoms with E-state index in [4.69, 9.17) is 5.26 Å². The van der Waals surface area contributed by atoms with Gasteiger partial charge in [-0.25, -0.2) is 0 Å². The number of benzene rings is 1. The molecule has 0 bridgehead atoms. The molecule has 20 heavy (non-hydrogen) atoms. The van der Waals surface area contributed by atoms with Gasteiger partial charge in [0.05, 0.1) is 12.0 Å². The molecule has 3 heteroatoms. The number of nitriles is 1. The van der Waals surface area contributed by atoms with Crippen LogP contribution in [0.2, 0.25) is 0 Å². The molecule has 1 aromatic rings. The Morgan fingerprint density at radius 2 is 1.90 bits per heavy atom. The third kappa shape index (κ3) is 4.86. The first-order chi connectivity index (χ1) is 9.62. The van der Waals surface area contributed by atoms with E-state index < -0.39 is 0 Å². The minimum absolute atomic E-state index is 0.0503. The fourth-order valence-electron chi connectivity index (χ4n) is 2.33. The van der Waals surface area contributed by atoms with Crippen LogP contribution in [0.15, 0.2) is 24.3 Å². The van der Waals surface area contributed by atoms with Gasteiger partial charge in [-0.1, -0.05) is 26.0 Å². The zero-order chi connectivity index (χ0) is 15.0. The second-order valence-corrected chi connectivity index (χ2v) is 5.42. The maximum Gasteiger partial charge on any atom is 0.0671 e. The Hall–Kier alpha value is -1.53. The van der Waals surface area contributed by atoms with Gasteiger partial charge in [-0.15, -0.1) is 0 Å². The van der Waals surface area contributed by atoms with Crippen molar-refractivity contribution in [2.24, 2.45) is 5.92 Å². The molecule has 1 rings (SSSR count). The van der Waals surface area contributed by atoms with Gasteiger partial charge in [0.1, 0.15) is 0 Å². The summed E-state index contributed by atoms with van der Waals surface area (Å²) in [7, 11) is 2.04. The Balaban J connectivity index is 2.69. The monoisotopic (exact) mass is 273 g/mol. The van der Waals surface area contributed by atoms with Crippen LogP contribution in [0.3, 0.4) is 0 Å². The Kier molecular flexibility index (Phi) is 7.11. The van der Waals surface area contributed by atoms with Crippen molar-refractivity contribution in [2.75, 3.05) is 25.0 Å². The Bertz CT molecular complexity index is 419. The van der Waals surface area contributed by atoms with E-state index in [9.17, 15) is 0 Å². The molecule has 0 amide bonds. The van der Waals surface area contributed by atoms with Crippen LogP contribution in [0.5, 0.6) is 0 Å². The van der Waals surface area contributed by atoms with E-state index >= 15 is 0 Å². The van der Waals surface area contributed by atoms with Crippen molar-refractivity contribution < 1.29 is 0 Å². The standard InChI is InChI=1S/C17H27N3/c1-5-11-19-17(6-2)15-7-9-16(10-8-15)20(4)13-14(3)12-18/h7-10,14,17,19H,5-6,11,13H2,1-4H3. The molecular formula is C17H27N3. The summed E-state index contributed by atoms with van der Waals surface area (Å²) < 4.78 is 0. The van der Waals surface area contributed by atoms with E-state index in [1.165, 1.54) is 11.3 Å². The molecule has 0 aliphatic heterocycles. The molecule has 1 aromatic carbocycles. The minimum atomic E-state index is 0.0503. The van der Waals surface area contributed by atoms with E-state index in [2.05, 4.69) is 54.4 Å². The van der Waals surface area contributed by atoms with E-state index in [1.54, 1.807) is 0 Å². The molecule has 2 unspecified atom stereocenters. The molecule has 0 saturated carbocycles. The van der Waals surface area contributed by atoms with Crippen LogP contribution in [-0.4, -0.2) is 20.1 Å². The maximum absolute atomic E-state index is 8.88. The highest BCUT2D eigenvalue weighted by molar-refractivity contribution is 5.47. The van der Waals surface area contributed by atoms with E-state index in [0.29, 0.717) is 6.04 Å². The van der Waals surface area contributed by atoms with Gasteiger partial charge >= 0.3 is 0 Å². The lowest BCUT2D eigenvalue weighted by Crippen LogP contribution is -2.24. The minimum Gasteiger partial charge on any atom is -0.373 e. The van der Waals surface area contributed by atoms with Crippen molar-refractivity contribution in [3.63, 3.8) is 0 Å². The first kappa shape index (κ1) is 16.5. The summed E-state index contributed by atoms with van der Waals surface area (Å²) in [6.07, 6.45) is 2.25. The van der Waals surface area contributed by atoms with Crippen LogP contribution < -0.4 is 10.2 Å². The summed E-state index contributed by atoms with van der Waals surface area (Å²) in [6, 6.07) is 11.4. The van der Waals surface area contributed by atoms with Gasteiger partial charge < -0.3 is 10.2 Å². The average Bonchev–Trinajstić information content (AvgIpc) is 2.48. The van der Waals surface area contributed by atoms with Gasteiger partial charge in [-0.2, -0.15) is 5.26 Å². The molecule has 0 saturated heterocycles. The topological polar surface area (TPSA) is 39.1 Å². The Morgan fingerprint density at radius 1 is 1.25 bits per heavy atom. The number of anilines is 1. The van der Waals surface area contributed by atoms with Crippen molar-refractivity contribution in [1.82, 2.24) is 5.32 Å². The third-order valence-corrected chi connectivity index (χ3v) is 3.55. The van der Waals surface area contributed by atoms with Crippen LogP contribution in [0.1, 0.15) is 45.2 Å². The maximum atomic E-state index is 8.88.